The first-order chi connectivity index (χ1) is 14.8. The minimum absolute atomic E-state index is 0.0161. The Morgan fingerprint density at radius 2 is 2.00 bits per heavy atom. The highest BCUT2D eigenvalue weighted by molar-refractivity contribution is 7.60. The molecule has 16 nitrogen and oxygen atoms in total. The van der Waals surface area contributed by atoms with Gasteiger partial charge in [0.2, 0.25) is 5.95 Å². The highest BCUT2D eigenvalue weighted by atomic mass is 31.3. The van der Waals surface area contributed by atoms with E-state index in [4.69, 9.17) is 24.8 Å². The fraction of sp³-hybridized carbons (Fsp3) is 0.643. The summed E-state index contributed by atoms with van der Waals surface area (Å²) in [5.74, 6) is -0.228. The Balaban J connectivity index is 1.91. The first-order valence-corrected chi connectivity index (χ1v) is 12.4. The van der Waals surface area contributed by atoms with E-state index in [0.29, 0.717) is 12.8 Å². The summed E-state index contributed by atoms with van der Waals surface area (Å²) in [6.07, 6.45) is -5.28. The fourth-order valence-electron chi connectivity index (χ4n) is 3.36. The molecular weight excluding hydrogens is 476 g/mol. The third kappa shape index (κ3) is 5.43. The summed E-state index contributed by atoms with van der Waals surface area (Å²) < 4.78 is 38.5. The molecule has 2 aromatic heterocycles. The molecule has 3 rings (SSSR count). The number of aliphatic hydroxyl groups is 2. The normalized spacial score (nSPS) is 26.9. The largest absolute Gasteiger partial charge is 0.481 e. The number of rotatable bonds is 9. The number of nitrogens with two attached hydrogens (primary N) is 1. The number of nitrogen functional groups attached to an aromatic ring is 1. The van der Waals surface area contributed by atoms with E-state index in [1.807, 2.05) is 0 Å². The van der Waals surface area contributed by atoms with Crippen molar-refractivity contribution < 1.29 is 47.6 Å². The van der Waals surface area contributed by atoms with Crippen molar-refractivity contribution in [2.45, 2.75) is 56.8 Å². The molecule has 0 aromatic carbocycles. The number of aliphatic hydroxyl groups excluding tert-OH is 2. The van der Waals surface area contributed by atoms with Gasteiger partial charge in [-0.2, -0.15) is 9.29 Å². The summed E-state index contributed by atoms with van der Waals surface area (Å²) in [5, 5.41) is 21.1. The highest BCUT2D eigenvalue weighted by Gasteiger charge is 2.50. The number of H-pyrrole nitrogens is 1. The number of unbranched alkanes of at least 4 members (excludes halogenated alkanes) is 1. The molecule has 0 bridgehead atoms. The number of nitrogens with one attached hydrogen (secondary N) is 1. The van der Waals surface area contributed by atoms with E-state index in [1.165, 1.54) is 0 Å². The fourth-order valence-corrected chi connectivity index (χ4v) is 5.16. The van der Waals surface area contributed by atoms with Crippen molar-refractivity contribution in [3.63, 3.8) is 0 Å². The molecule has 18 heteroatoms. The summed E-state index contributed by atoms with van der Waals surface area (Å²) in [6.45, 7) is 1.80. The van der Waals surface area contributed by atoms with Gasteiger partial charge in [-0.1, -0.05) is 19.8 Å². The second-order valence-corrected chi connectivity index (χ2v) is 9.86. The zero-order valence-electron chi connectivity index (χ0n) is 16.6. The van der Waals surface area contributed by atoms with Crippen LogP contribution in [0.25, 0.3) is 11.2 Å². The van der Waals surface area contributed by atoms with Gasteiger partial charge in [-0.3, -0.25) is 18.9 Å². The van der Waals surface area contributed by atoms with Crippen molar-refractivity contribution in [1.82, 2.24) is 19.5 Å². The van der Waals surface area contributed by atoms with Crippen LogP contribution in [0.15, 0.2) is 11.1 Å². The van der Waals surface area contributed by atoms with E-state index < -0.39 is 51.8 Å². The summed E-state index contributed by atoms with van der Waals surface area (Å²) in [6, 6.07) is 0. The third-order valence-electron chi connectivity index (χ3n) is 4.69. The topological polar surface area (TPSA) is 253 Å². The maximum Gasteiger partial charge on any atom is 0.481 e. The Morgan fingerprint density at radius 1 is 1.31 bits per heavy atom. The minimum atomic E-state index is -5.37. The SMILES string of the molecule is CCCCC(OP(=O)(O)OP(=O)(O)O)[C@H]1O[C@@H](n2cnc3c(=O)[nH]c(N)nc32)[C@H](O)[C@@H]1O. The number of imidazole rings is 1. The van der Waals surface area contributed by atoms with E-state index >= 15 is 0 Å². The number of aromatic amines is 1. The molecule has 0 radical (unpaired) electrons. The van der Waals surface area contributed by atoms with Crippen molar-refractivity contribution in [1.29, 1.82) is 0 Å². The van der Waals surface area contributed by atoms with Crippen LogP contribution < -0.4 is 11.3 Å². The number of ether oxygens (including phenoxy) is 1. The van der Waals surface area contributed by atoms with Crippen molar-refractivity contribution >= 4 is 32.8 Å². The molecule has 6 atom stereocenters. The smallest absolute Gasteiger partial charge is 0.387 e. The molecule has 0 aliphatic carbocycles. The third-order valence-corrected chi connectivity index (χ3v) is 6.90. The Kier molecular flexibility index (Phi) is 7.22. The molecule has 0 amide bonds. The van der Waals surface area contributed by atoms with Gasteiger partial charge in [0, 0.05) is 0 Å². The molecule has 1 saturated heterocycles. The zero-order valence-corrected chi connectivity index (χ0v) is 18.4. The number of phosphoric ester groups is 1. The average Bonchev–Trinajstić information content (AvgIpc) is 3.18. The Bertz CT molecular complexity index is 1120. The molecule has 0 spiro atoms. The first kappa shape index (κ1) is 24.9. The number of hydrogen-bond donors (Lipinski definition) is 7. The van der Waals surface area contributed by atoms with Crippen LogP contribution in [0, 0.1) is 0 Å². The van der Waals surface area contributed by atoms with Crippen molar-refractivity contribution in [3.8, 4) is 0 Å². The van der Waals surface area contributed by atoms with Gasteiger partial charge < -0.3 is 35.4 Å². The molecule has 8 N–H and O–H groups in total. The van der Waals surface area contributed by atoms with Gasteiger partial charge in [-0.05, 0) is 6.42 Å². The standard InChI is InChI=1S/C14H23N5O11P2/c1-2-3-4-6(29-32(26,27)30-31(23,24)25)10-8(20)9(21)13(28-10)19-5-16-7-11(19)17-14(15)18-12(7)22/h5-6,8-10,13,20-21H,2-4H2,1H3,(H,26,27)(H2,23,24,25)(H3,15,17,18,22)/t6?,8-,9+,10+,13+/m0/s1. The molecule has 0 saturated carbocycles. The number of aromatic nitrogens is 4. The minimum Gasteiger partial charge on any atom is -0.387 e. The van der Waals surface area contributed by atoms with Crippen molar-refractivity contribution in [2.24, 2.45) is 0 Å². The number of nitrogens with zero attached hydrogens (tertiary/aromatic N) is 3. The van der Waals surface area contributed by atoms with Gasteiger partial charge in [0.05, 0.1) is 12.4 Å². The van der Waals surface area contributed by atoms with Crippen LogP contribution >= 0.6 is 15.6 Å². The molecule has 32 heavy (non-hydrogen) atoms. The van der Waals surface area contributed by atoms with Gasteiger partial charge >= 0.3 is 15.6 Å². The lowest BCUT2D eigenvalue weighted by Gasteiger charge is -2.27. The van der Waals surface area contributed by atoms with E-state index in [0.717, 1.165) is 10.9 Å². The predicted molar refractivity (Wildman–Crippen MR) is 106 cm³/mol. The maximum absolute atomic E-state index is 12.0. The van der Waals surface area contributed by atoms with Gasteiger partial charge in [-0.15, -0.1) is 0 Å². The summed E-state index contributed by atoms with van der Waals surface area (Å²) in [7, 11) is -10.6. The number of hydrogen-bond acceptors (Lipinski definition) is 11. The lowest BCUT2D eigenvalue weighted by Crippen LogP contribution is -2.39. The van der Waals surface area contributed by atoms with Gasteiger partial charge in [0.15, 0.2) is 17.4 Å². The zero-order chi connectivity index (χ0) is 23.8. The molecule has 2 unspecified atom stereocenters. The van der Waals surface area contributed by atoms with Gasteiger partial charge in [-0.25, -0.2) is 14.1 Å². The first-order valence-electron chi connectivity index (χ1n) is 9.35. The Labute approximate surface area is 179 Å². The Hall–Kier alpha value is -1.71. The quantitative estimate of drug-likeness (QED) is 0.207. The number of fused-ring (bicyclic) bond motifs is 1. The monoisotopic (exact) mass is 499 g/mol. The van der Waals surface area contributed by atoms with Crippen molar-refractivity contribution in [2.75, 3.05) is 5.73 Å². The van der Waals surface area contributed by atoms with Crippen LogP contribution in [0.5, 0.6) is 0 Å². The van der Waals surface area contributed by atoms with E-state index in [9.17, 15) is 29.0 Å². The van der Waals surface area contributed by atoms with Crippen LogP contribution in [0.2, 0.25) is 0 Å². The lowest BCUT2D eigenvalue weighted by atomic mass is 10.0. The molecular formula is C14H23N5O11P2. The van der Waals surface area contributed by atoms with Crippen LogP contribution in [0.3, 0.4) is 0 Å². The highest BCUT2D eigenvalue weighted by Crippen LogP contribution is 2.59. The van der Waals surface area contributed by atoms with E-state index in [2.05, 4.69) is 19.3 Å². The summed E-state index contributed by atoms with van der Waals surface area (Å²) >= 11 is 0. The van der Waals surface area contributed by atoms with E-state index in [-0.39, 0.29) is 23.5 Å². The summed E-state index contributed by atoms with van der Waals surface area (Å²) in [5.41, 5.74) is 4.75. The predicted octanol–water partition coefficient (Wildman–Crippen LogP) is -0.894. The maximum atomic E-state index is 12.0. The molecule has 180 valence electrons. The molecule has 2 aromatic rings. The molecule has 1 fully saturated rings. The van der Waals surface area contributed by atoms with E-state index in [1.54, 1.807) is 6.92 Å². The van der Waals surface area contributed by atoms with Crippen LogP contribution in [-0.2, 0) is 22.7 Å². The number of anilines is 1. The molecule has 1 aliphatic heterocycles. The average molecular weight is 499 g/mol. The molecule has 1 aliphatic rings. The van der Waals surface area contributed by atoms with Gasteiger partial charge in [0.1, 0.15) is 18.3 Å². The molecule has 3 heterocycles. The Morgan fingerprint density at radius 3 is 2.62 bits per heavy atom. The van der Waals surface area contributed by atoms with Crippen LogP contribution in [-0.4, -0.2) is 68.8 Å². The number of phosphoric acid groups is 2. The second-order valence-electron chi connectivity index (χ2n) is 7.07. The van der Waals surface area contributed by atoms with Gasteiger partial charge in [0.25, 0.3) is 5.56 Å². The van der Waals surface area contributed by atoms with Crippen LogP contribution in [0.4, 0.5) is 5.95 Å². The second kappa shape index (κ2) is 9.27. The van der Waals surface area contributed by atoms with Crippen molar-refractivity contribution in [3.05, 3.63) is 16.7 Å². The summed E-state index contributed by atoms with van der Waals surface area (Å²) in [4.78, 5) is 49.4. The lowest BCUT2D eigenvalue weighted by molar-refractivity contribution is -0.0831. The van der Waals surface area contributed by atoms with Crippen LogP contribution in [0.1, 0.15) is 32.4 Å².